The number of carbonyl (C=O) groups excluding carboxylic acids is 1. The maximum Gasteiger partial charge on any atom is 0.262 e. The number of fused-ring (bicyclic) bond motifs is 1. The third-order valence-electron chi connectivity index (χ3n) is 3.17. The molecule has 1 fully saturated rings. The zero-order chi connectivity index (χ0) is 12.5. The second kappa shape index (κ2) is 4.27. The van der Waals surface area contributed by atoms with Gasteiger partial charge in [-0.25, -0.2) is 5.43 Å². The third kappa shape index (κ3) is 1.89. The molecule has 0 saturated carbocycles. The quantitative estimate of drug-likeness (QED) is 0.747. The summed E-state index contributed by atoms with van der Waals surface area (Å²) in [6.45, 7) is 2.65. The molecule has 0 aromatic heterocycles. The van der Waals surface area contributed by atoms with Gasteiger partial charge in [0.15, 0.2) is 0 Å². The summed E-state index contributed by atoms with van der Waals surface area (Å²) < 4.78 is 0. The van der Waals surface area contributed by atoms with Crippen molar-refractivity contribution in [3.8, 4) is 0 Å². The second-order valence-electron chi connectivity index (χ2n) is 4.55. The highest BCUT2D eigenvalue weighted by molar-refractivity contribution is 6.02. The predicted molar refractivity (Wildman–Crippen MR) is 72.8 cm³/mol. The molecule has 1 saturated heterocycles. The molecule has 3 heteroatoms. The van der Waals surface area contributed by atoms with Crippen LogP contribution in [-0.2, 0) is 4.79 Å². The van der Waals surface area contributed by atoms with Crippen LogP contribution in [0.5, 0.6) is 0 Å². The molecule has 0 spiro atoms. The van der Waals surface area contributed by atoms with Crippen LogP contribution < -0.4 is 10.9 Å². The van der Waals surface area contributed by atoms with Crippen LogP contribution in [0.15, 0.2) is 42.0 Å². The van der Waals surface area contributed by atoms with Crippen LogP contribution in [0, 0.1) is 6.92 Å². The van der Waals surface area contributed by atoms with Crippen LogP contribution in [0.4, 0.5) is 0 Å². The summed E-state index contributed by atoms with van der Waals surface area (Å²) in [6.07, 6.45) is 1.96. The third-order valence-corrected chi connectivity index (χ3v) is 3.17. The molecule has 0 aliphatic carbocycles. The first-order valence-corrected chi connectivity index (χ1v) is 5.97. The van der Waals surface area contributed by atoms with Crippen LogP contribution in [0.3, 0.4) is 0 Å². The summed E-state index contributed by atoms with van der Waals surface area (Å²) in [5.74, 6) is -0.0420. The Morgan fingerprint density at radius 1 is 1.22 bits per heavy atom. The van der Waals surface area contributed by atoms with Crippen molar-refractivity contribution in [2.45, 2.75) is 6.92 Å². The molecule has 2 N–H and O–H groups in total. The Kier molecular flexibility index (Phi) is 2.61. The lowest BCUT2D eigenvalue weighted by molar-refractivity contribution is -0.116. The Morgan fingerprint density at radius 3 is 2.89 bits per heavy atom. The Morgan fingerprint density at radius 2 is 2.11 bits per heavy atom. The van der Waals surface area contributed by atoms with Crippen LogP contribution in [0.2, 0.25) is 0 Å². The predicted octanol–water partition coefficient (Wildman–Crippen LogP) is 2.17. The van der Waals surface area contributed by atoms with E-state index >= 15 is 0 Å². The molecule has 0 bridgehead atoms. The fourth-order valence-electron chi connectivity index (χ4n) is 2.22. The van der Waals surface area contributed by atoms with Crippen molar-refractivity contribution in [3.63, 3.8) is 0 Å². The van der Waals surface area contributed by atoms with Gasteiger partial charge in [0, 0.05) is 12.1 Å². The Hall–Kier alpha value is -2.13. The van der Waals surface area contributed by atoms with E-state index in [1.54, 1.807) is 0 Å². The number of benzene rings is 2. The number of hydrogen-bond donors (Lipinski definition) is 2. The zero-order valence-electron chi connectivity index (χ0n) is 10.2. The normalized spacial score (nSPS) is 17.4. The minimum absolute atomic E-state index is 0.0420. The highest BCUT2D eigenvalue weighted by atomic mass is 16.2. The summed E-state index contributed by atoms with van der Waals surface area (Å²) in [6, 6.07) is 12.5. The van der Waals surface area contributed by atoms with E-state index < -0.39 is 0 Å². The number of hydrogen-bond acceptors (Lipinski definition) is 2. The van der Waals surface area contributed by atoms with E-state index in [4.69, 9.17) is 0 Å². The van der Waals surface area contributed by atoms with E-state index in [1.165, 1.54) is 16.3 Å². The molecular formula is C15H14N2O. The molecule has 1 heterocycles. The molecule has 0 unspecified atom stereocenters. The summed E-state index contributed by atoms with van der Waals surface area (Å²) in [5, 5.41) is 2.38. The van der Waals surface area contributed by atoms with Crippen molar-refractivity contribution in [2.24, 2.45) is 0 Å². The molecule has 0 atom stereocenters. The standard InChI is InChI=1S/C15H14N2O/c1-10-5-6-11-3-2-4-12(14(11)7-10)8-13-9-16-17-15(13)18/h2-8,16H,9H2,1H3,(H,17,18)/b13-8+. The number of amides is 1. The van der Waals surface area contributed by atoms with Gasteiger partial charge in [0.05, 0.1) is 0 Å². The maximum absolute atomic E-state index is 11.5. The van der Waals surface area contributed by atoms with Gasteiger partial charge in [0.2, 0.25) is 0 Å². The van der Waals surface area contributed by atoms with Gasteiger partial charge in [0.25, 0.3) is 5.91 Å². The Balaban J connectivity index is 2.17. The number of rotatable bonds is 1. The SMILES string of the molecule is Cc1ccc2cccc(/C=C3\CNNC3=O)c2c1. The zero-order valence-corrected chi connectivity index (χ0v) is 10.2. The summed E-state index contributed by atoms with van der Waals surface area (Å²) in [4.78, 5) is 11.5. The highest BCUT2D eigenvalue weighted by Gasteiger charge is 2.15. The van der Waals surface area contributed by atoms with Crippen molar-refractivity contribution in [2.75, 3.05) is 6.54 Å². The second-order valence-corrected chi connectivity index (χ2v) is 4.55. The minimum Gasteiger partial charge on any atom is -0.287 e. The molecule has 2 aromatic rings. The van der Waals surface area contributed by atoms with E-state index in [2.05, 4.69) is 42.0 Å². The van der Waals surface area contributed by atoms with Crippen molar-refractivity contribution in [1.82, 2.24) is 10.9 Å². The molecule has 3 rings (SSSR count). The van der Waals surface area contributed by atoms with Crippen molar-refractivity contribution >= 4 is 22.8 Å². The maximum atomic E-state index is 11.5. The Bertz CT molecular complexity index is 659. The van der Waals surface area contributed by atoms with E-state index in [9.17, 15) is 4.79 Å². The molecule has 3 nitrogen and oxygen atoms in total. The first-order chi connectivity index (χ1) is 8.74. The summed E-state index contributed by atoms with van der Waals surface area (Å²) >= 11 is 0. The van der Waals surface area contributed by atoms with Crippen molar-refractivity contribution < 1.29 is 4.79 Å². The average Bonchev–Trinajstić information content (AvgIpc) is 2.76. The number of carbonyl (C=O) groups is 1. The van der Waals surface area contributed by atoms with Crippen LogP contribution in [0.1, 0.15) is 11.1 Å². The number of hydrazine groups is 1. The monoisotopic (exact) mass is 238 g/mol. The summed E-state index contributed by atoms with van der Waals surface area (Å²) in [5.41, 5.74) is 8.51. The van der Waals surface area contributed by atoms with E-state index in [1.807, 2.05) is 18.2 Å². The Labute approximate surface area is 105 Å². The van der Waals surface area contributed by atoms with Crippen molar-refractivity contribution in [1.29, 1.82) is 0 Å². The van der Waals surface area contributed by atoms with E-state index in [0.717, 1.165) is 11.1 Å². The van der Waals surface area contributed by atoms with Gasteiger partial charge < -0.3 is 0 Å². The van der Waals surface area contributed by atoms with Crippen LogP contribution in [0.25, 0.3) is 16.8 Å². The van der Waals surface area contributed by atoms with Crippen LogP contribution >= 0.6 is 0 Å². The number of aryl methyl sites for hydroxylation is 1. The minimum atomic E-state index is -0.0420. The first-order valence-electron chi connectivity index (χ1n) is 5.97. The molecule has 90 valence electrons. The lowest BCUT2D eigenvalue weighted by Gasteiger charge is -2.04. The van der Waals surface area contributed by atoms with Gasteiger partial charge in [0.1, 0.15) is 0 Å². The van der Waals surface area contributed by atoms with Gasteiger partial charge in [-0.15, -0.1) is 0 Å². The van der Waals surface area contributed by atoms with Crippen molar-refractivity contribution in [3.05, 3.63) is 53.1 Å². The molecule has 1 aliphatic rings. The van der Waals surface area contributed by atoms with Gasteiger partial charge >= 0.3 is 0 Å². The molecule has 1 aliphatic heterocycles. The molecule has 1 amide bonds. The molecule has 18 heavy (non-hydrogen) atoms. The largest absolute Gasteiger partial charge is 0.287 e. The topological polar surface area (TPSA) is 41.1 Å². The van der Waals surface area contributed by atoms with Crippen LogP contribution in [-0.4, -0.2) is 12.5 Å². The average molecular weight is 238 g/mol. The fraction of sp³-hybridized carbons (Fsp3) is 0.133. The van der Waals surface area contributed by atoms with Gasteiger partial charge in [-0.3, -0.25) is 10.2 Å². The lowest BCUT2D eigenvalue weighted by atomic mass is 10.0. The van der Waals surface area contributed by atoms with E-state index in [-0.39, 0.29) is 5.91 Å². The van der Waals surface area contributed by atoms with Gasteiger partial charge in [-0.1, -0.05) is 42.0 Å². The smallest absolute Gasteiger partial charge is 0.262 e. The molecule has 2 aromatic carbocycles. The fourth-order valence-corrected chi connectivity index (χ4v) is 2.22. The van der Waals surface area contributed by atoms with Gasteiger partial charge in [-0.2, -0.15) is 0 Å². The lowest BCUT2D eigenvalue weighted by Crippen LogP contribution is -2.25. The summed E-state index contributed by atoms with van der Waals surface area (Å²) in [7, 11) is 0. The molecular weight excluding hydrogens is 224 g/mol. The number of nitrogens with one attached hydrogen (secondary N) is 2. The first kappa shape index (κ1) is 11.0. The van der Waals surface area contributed by atoms with Gasteiger partial charge in [-0.05, 0) is 29.3 Å². The molecule has 0 radical (unpaired) electrons. The van der Waals surface area contributed by atoms with E-state index in [0.29, 0.717) is 6.54 Å². The highest BCUT2D eigenvalue weighted by Crippen LogP contribution is 2.22.